The van der Waals surface area contributed by atoms with Gasteiger partial charge in [0.15, 0.2) is 0 Å². The van der Waals surface area contributed by atoms with Crippen LogP contribution in [0.25, 0.3) is 0 Å². The average Bonchev–Trinajstić information content (AvgIpc) is 2.81. The van der Waals surface area contributed by atoms with Gasteiger partial charge in [-0.1, -0.05) is 6.07 Å². The number of anilines is 1. The summed E-state index contributed by atoms with van der Waals surface area (Å²) in [6.07, 6.45) is 7.43. The number of aromatic nitrogens is 1. The van der Waals surface area contributed by atoms with Gasteiger partial charge in [-0.25, -0.2) is 4.98 Å². The normalized spacial score (nSPS) is 39.1. The van der Waals surface area contributed by atoms with Crippen LogP contribution >= 0.6 is 0 Å². The lowest BCUT2D eigenvalue weighted by atomic mass is 9.52. The Labute approximate surface area is 197 Å². The van der Waals surface area contributed by atoms with E-state index in [4.69, 9.17) is 4.98 Å². The van der Waals surface area contributed by atoms with E-state index in [1.54, 1.807) is 0 Å². The van der Waals surface area contributed by atoms with Crippen molar-refractivity contribution in [1.29, 1.82) is 0 Å². The molecule has 7 nitrogen and oxygen atoms in total. The zero-order valence-corrected chi connectivity index (χ0v) is 19.9. The van der Waals surface area contributed by atoms with Crippen LogP contribution in [0, 0.1) is 17.8 Å². The number of carbonyl (C=O) groups is 1. The van der Waals surface area contributed by atoms with Crippen molar-refractivity contribution < 1.29 is 9.90 Å². The molecule has 180 valence electrons. The number of hydrogen-bond acceptors (Lipinski definition) is 6. The highest BCUT2D eigenvalue weighted by Crippen LogP contribution is 2.55. The number of carbonyl (C=O) groups excluding carboxylic acids is 1. The summed E-state index contributed by atoms with van der Waals surface area (Å²) in [6.45, 7) is 7.60. The first-order valence-corrected chi connectivity index (χ1v) is 13.2. The number of nitrogens with one attached hydrogen (secondary N) is 2. The summed E-state index contributed by atoms with van der Waals surface area (Å²) in [7, 11) is 0. The monoisotopic (exact) mass is 453 g/mol. The molecule has 0 spiro atoms. The van der Waals surface area contributed by atoms with Gasteiger partial charge in [-0.05, 0) is 94.8 Å². The van der Waals surface area contributed by atoms with E-state index >= 15 is 0 Å². The highest BCUT2D eigenvalue weighted by atomic mass is 16.3. The second kappa shape index (κ2) is 8.51. The number of rotatable bonds is 4. The summed E-state index contributed by atoms with van der Waals surface area (Å²) < 4.78 is 0. The lowest BCUT2D eigenvalue weighted by molar-refractivity contribution is -0.136. The molecule has 2 unspecified atom stereocenters. The highest BCUT2D eigenvalue weighted by Gasteiger charge is 2.55. The third-order valence-corrected chi connectivity index (χ3v) is 9.28. The van der Waals surface area contributed by atoms with Crippen LogP contribution in [0.1, 0.15) is 62.4 Å². The second-order valence-electron chi connectivity index (χ2n) is 11.6. The van der Waals surface area contributed by atoms with E-state index in [0.29, 0.717) is 35.5 Å². The van der Waals surface area contributed by atoms with Crippen LogP contribution in [-0.4, -0.2) is 77.3 Å². The summed E-state index contributed by atoms with van der Waals surface area (Å²) >= 11 is 0. The minimum absolute atomic E-state index is 0.0534. The molecule has 4 bridgehead atoms. The molecular weight excluding hydrogens is 414 g/mol. The third kappa shape index (κ3) is 4.17. The summed E-state index contributed by atoms with van der Waals surface area (Å²) in [5, 5.41) is 17.7. The molecule has 7 heteroatoms. The first-order chi connectivity index (χ1) is 16.0. The molecule has 7 rings (SSSR count). The van der Waals surface area contributed by atoms with Crippen molar-refractivity contribution in [3.63, 3.8) is 0 Å². The molecule has 6 aliphatic rings. The van der Waals surface area contributed by atoms with E-state index in [1.807, 2.05) is 18.2 Å². The summed E-state index contributed by atoms with van der Waals surface area (Å²) in [5.74, 6) is 2.34. The molecule has 4 aliphatic carbocycles. The Morgan fingerprint density at radius 2 is 1.91 bits per heavy atom. The van der Waals surface area contributed by atoms with E-state index in [-0.39, 0.29) is 11.9 Å². The molecule has 3 atom stereocenters. The number of aliphatic hydroxyl groups is 1. The van der Waals surface area contributed by atoms with Gasteiger partial charge >= 0.3 is 0 Å². The average molecular weight is 454 g/mol. The van der Waals surface area contributed by atoms with Crippen LogP contribution in [-0.2, 0) is 0 Å². The minimum Gasteiger partial charge on any atom is -0.390 e. The van der Waals surface area contributed by atoms with Gasteiger partial charge in [-0.2, -0.15) is 0 Å². The van der Waals surface area contributed by atoms with E-state index in [2.05, 4.69) is 27.4 Å². The fourth-order valence-electron chi connectivity index (χ4n) is 7.98. The standard InChI is InChI=1S/C26H39N5O2/c1-17-16-30(21-5-7-27-8-6-21)9-10-31(17)23-4-2-3-22(28-23)25(32)29-24-19-11-18-12-20(24)15-26(33,13-18)14-19/h2-4,17-21,24,27,33H,5-16H2,1H3,(H,29,32)/t17-,18?,19?,20?,24?,26?/m1/s1. The lowest BCUT2D eigenvalue weighted by Crippen LogP contribution is -2.61. The largest absolute Gasteiger partial charge is 0.390 e. The molecule has 6 fully saturated rings. The first-order valence-electron chi connectivity index (χ1n) is 13.2. The second-order valence-corrected chi connectivity index (χ2v) is 11.6. The summed E-state index contributed by atoms with van der Waals surface area (Å²) in [6, 6.07) is 7.13. The Kier molecular flexibility index (Phi) is 5.62. The molecule has 1 amide bonds. The predicted molar refractivity (Wildman–Crippen MR) is 128 cm³/mol. The molecule has 4 saturated carbocycles. The number of piperidine rings is 1. The molecule has 2 saturated heterocycles. The number of pyridine rings is 1. The van der Waals surface area contributed by atoms with E-state index in [1.165, 1.54) is 12.8 Å². The van der Waals surface area contributed by atoms with Crippen LogP contribution in [0.15, 0.2) is 18.2 Å². The third-order valence-electron chi connectivity index (χ3n) is 9.28. The van der Waals surface area contributed by atoms with Gasteiger partial charge < -0.3 is 20.6 Å². The van der Waals surface area contributed by atoms with Crippen molar-refractivity contribution in [3.8, 4) is 0 Å². The van der Waals surface area contributed by atoms with Gasteiger partial charge in [0, 0.05) is 37.8 Å². The van der Waals surface area contributed by atoms with Gasteiger partial charge in [0.05, 0.1) is 5.60 Å². The maximum absolute atomic E-state index is 13.2. The molecule has 1 aromatic rings. The van der Waals surface area contributed by atoms with Gasteiger partial charge in [0.25, 0.3) is 5.91 Å². The molecule has 1 aromatic heterocycles. The Morgan fingerprint density at radius 3 is 2.61 bits per heavy atom. The van der Waals surface area contributed by atoms with Gasteiger partial charge in [0.2, 0.25) is 0 Å². The molecule has 0 aromatic carbocycles. The first kappa shape index (κ1) is 21.8. The Balaban J connectivity index is 1.11. The quantitative estimate of drug-likeness (QED) is 0.647. The molecule has 3 heterocycles. The van der Waals surface area contributed by atoms with Gasteiger partial charge in [-0.15, -0.1) is 0 Å². The van der Waals surface area contributed by atoms with Crippen LogP contribution in [0.5, 0.6) is 0 Å². The maximum Gasteiger partial charge on any atom is 0.270 e. The van der Waals surface area contributed by atoms with Crippen LogP contribution in [0.2, 0.25) is 0 Å². The smallest absolute Gasteiger partial charge is 0.270 e. The number of piperazine rings is 1. The minimum atomic E-state index is -0.470. The Morgan fingerprint density at radius 1 is 1.15 bits per heavy atom. The number of hydrogen-bond donors (Lipinski definition) is 3. The van der Waals surface area contributed by atoms with E-state index < -0.39 is 5.60 Å². The fourth-order valence-corrected chi connectivity index (χ4v) is 7.98. The molecule has 0 radical (unpaired) electrons. The number of nitrogens with zero attached hydrogens (tertiary/aromatic N) is 3. The van der Waals surface area contributed by atoms with Gasteiger partial charge in [0.1, 0.15) is 11.5 Å². The topological polar surface area (TPSA) is 80.7 Å². The lowest BCUT2D eigenvalue weighted by Gasteiger charge is -2.58. The molecule has 2 aliphatic heterocycles. The van der Waals surface area contributed by atoms with Crippen molar-refractivity contribution >= 4 is 11.7 Å². The van der Waals surface area contributed by atoms with E-state index in [0.717, 1.165) is 70.6 Å². The van der Waals surface area contributed by atoms with Crippen molar-refractivity contribution in [1.82, 2.24) is 20.5 Å². The molecular formula is C26H39N5O2. The van der Waals surface area contributed by atoms with Crippen molar-refractivity contribution in [3.05, 3.63) is 23.9 Å². The van der Waals surface area contributed by atoms with Crippen LogP contribution < -0.4 is 15.5 Å². The van der Waals surface area contributed by atoms with E-state index in [9.17, 15) is 9.90 Å². The zero-order chi connectivity index (χ0) is 22.6. The fraction of sp³-hybridized carbons (Fsp3) is 0.769. The zero-order valence-electron chi connectivity index (χ0n) is 19.9. The summed E-state index contributed by atoms with van der Waals surface area (Å²) in [5.41, 5.74) is 0.0514. The van der Waals surface area contributed by atoms with Crippen molar-refractivity contribution in [2.24, 2.45) is 17.8 Å². The van der Waals surface area contributed by atoms with Gasteiger partial charge in [-0.3, -0.25) is 9.69 Å². The molecule has 33 heavy (non-hydrogen) atoms. The van der Waals surface area contributed by atoms with Crippen molar-refractivity contribution in [2.45, 2.75) is 75.6 Å². The number of amides is 1. The summed E-state index contributed by atoms with van der Waals surface area (Å²) in [4.78, 5) is 23.1. The molecule has 3 N–H and O–H groups in total. The van der Waals surface area contributed by atoms with Crippen molar-refractivity contribution in [2.75, 3.05) is 37.6 Å². The highest BCUT2D eigenvalue weighted by molar-refractivity contribution is 5.93. The van der Waals surface area contributed by atoms with Crippen LogP contribution in [0.3, 0.4) is 0 Å². The predicted octanol–water partition coefficient (Wildman–Crippen LogP) is 2.01. The SMILES string of the molecule is C[C@@H]1CN(C2CCNCC2)CCN1c1cccc(C(=O)NC2C3CC4CC2CC(O)(C4)C3)n1. The Hall–Kier alpha value is -1.70. The van der Waals surface area contributed by atoms with Crippen LogP contribution in [0.4, 0.5) is 5.82 Å². The maximum atomic E-state index is 13.2. The Bertz CT molecular complexity index is 871.